The van der Waals surface area contributed by atoms with Gasteiger partial charge in [-0.3, -0.25) is 0 Å². The van der Waals surface area contributed by atoms with E-state index in [1.54, 1.807) is 0 Å². The van der Waals surface area contributed by atoms with Gasteiger partial charge >= 0.3 is 2340 Å². The van der Waals surface area contributed by atoms with Gasteiger partial charge in [0.15, 0.2) is 0 Å². The first kappa shape index (κ1) is 979. The summed E-state index contributed by atoms with van der Waals surface area (Å²) in [6, 6.07) is 0. The molecule has 0 aliphatic carbocycles. The Morgan fingerprint density at radius 1 is 0.0183 bits per heavy atom. The molecule has 0 saturated heterocycles. The van der Waals surface area contributed by atoms with Gasteiger partial charge in [0.1, 0.15) is 0 Å². The zero-order valence-electron chi connectivity index (χ0n) is 91.2. The van der Waals surface area contributed by atoms with Crippen LogP contribution >= 0.6 is 372 Å². The summed E-state index contributed by atoms with van der Waals surface area (Å²) in [6.45, 7) is 0. The van der Waals surface area contributed by atoms with Crippen LogP contribution in [-0.4, -0.2) is 0 Å². The summed E-state index contributed by atoms with van der Waals surface area (Å²) in [4.78, 5) is 0. The number of rotatable bonds is 0. The summed E-state index contributed by atoms with van der Waals surface area (Å²) in [5.74, 6) is 0. The third-order valence-corrected chi connectivity index (χ3v) is 0. The maximum absolute atomic E-state index is 0. The first-order chi connectivity index (χ1) is 0. The van der Waals surface area contributed by atoms with Crippen LogP contribution in [0.25, 0.3) is 0 Å². The molecule has 109 heavy (non-hydrogen) atoms. The molecule has 0 amide bonds. The number of halogens is 30. The maximum atomic E-state index is 0. The van der Waals surface area contributed by atoms with E-state index in [4.69, 9.17) is 0 Å². The van der Waals surface area contributed by atoms with Gasteiger partial charge in [-0.25, -0.2) is 0 Å². The van der Waals surface area contributed by atoms with Crippen molar-refractivity contribution in [2.75, 3.05) is 0 Å². The summed E-state index contributed by atoms with van der Waals surface area (Å²) in [5, 5.41) is 0. The SMILES string of the molecule is Cl.Cl.Cl.Cl.Cl.Cl.Cl.Cl.Cl.Cl.Cl.Cl.Cl.Cl.Cl.Cl.Cl.Cl.Cl.Cl.Cl.Cl.Cl.Cl.Cl.Cl.Cl.Cl.Cl.Cl.[Na+].[Na+].[Na+].[Na+].[Na+].[Na+].[Na+].[Na+].[Na+].[Na+].[Na+].[Na+].[Na+].[Na+].[Na+].[Na+].[Na+].[Na+].[Na+].[Na+].[Na+].[Na+].[Na+].[Na+].[Na+].[Na+].[Na+].[Na+].[Na+].[Na+].[Na+].[Na+].[Na+].[Na+].[Na+].[Na+].[Na+].[Na+].[Na+].[Na+].[Na+].[Na+].[Na+].[Na+].[Na+].[Na+].[Na+].[Na+].[Na+].[Na+].[Na+].[Na+].[Na+].[Na+].[Na+].[Na+].[Na+].[Na+].[Na+].[Na+].[Na+].[Na+].[Na+].[Na+].[Na+].[Na+].[Na+].[Na+].[Na+].[Na+].[Na+].[Na+].[Na+].[Na+].[Na+].[Na+].[Na+].[Na+].[Na+]. The molecule has 0 nitrogen and oxygen atoms in total. The zero-order valence-corrected chi connectivity index (χ0v) is 274. The Hall–Kier alpha value is 87.7. The van der Waals surface area contributed by atoms with E-state index in [-0.39, 0.29) is 2710 Å². The third-order valence-electron chi connectivity index (χ3n) is 0. The van der Waals surface area contributed by atoms with Gasteiger partial charge in [0.2, 0.25) is 0 Å². The predicted molar refractivity (Wildman–Crippen MR) is 217 cm³/mol. The molecule has 0 heterocycles. The van der Waals surface area contributed by atoms with Crippen molar-refractivity contribution >= 4 is 372 Å². The molecule has 109 heteroatoms. The van der Waals surface area contributed by atoms with E-state index in [0.29, 0.717) is 0 Å². The van der Waals surface area contributed by atoms with Crippen LogP contribution in [0.2, 0.25) is 0 Å². The first-order valence-electron chi connectivity index (χ1n) is 0. The van der Waals surface area contributed by atoms with Crippen LogP contribution in [0.5, 0.6) is 0 Å². The second kappa shape index (κ2) is 965. The van der Waals surface area contributed by atoms with Crippen LogP contribution in [0.4, 0.5) is 0 Å². The molecule has 0 spiro atoms. The van der Waals surface area contributed by atoms with Crippen LogP contribution in [-0.2, 0) is 0 Å². The molecule has 0 aromatic heterocycles. The summed E-state index contributed by atoms with van der Waals surface area (Å²) in [5.41, 5.74) is 0. The molecular formula is H30Cl30Na79+79. The van der Waals surface area contributed by atoms with Gasteiger partial charge in [0.25, 0.3) is 0 Å². The molecule has 240 valence electrons. The molecule has 0 aliphatic rings. The smallest absolute Gasteiger partial charge is 0.147 e. The molecule has 0 fully saturated rings. The average Bonchev–Trinajstić information content (AvgIpc) is 0. The Morgan fingerprint density at radius 3 is 0.0183 bits per heavy atom. The van der Waals surface area contributed by atoms with Crippen molar-refractivity contribution in [3.05, 3.63) is 0 Å². The normalized spacial score (nSPS) is 0. The van der Waals surface area contributed by atoms with Gasteiger partial charge in [-0.15, -0.1) is 372 Å². The molecule has 0 N–H and O–H groups in total. The molecule has 0 atom stereocenters. The molecule has 0 bridgehead atoms. The fourth-order valence-electron chi connectivity index (χ4n) is 0. The van der Waals surface area contributed by atoms with Gasteiger partial charge in [0, 0.05) is 0 Å². The molecule has 0 aliphatic heterocycles. The molecule has 0 saturated carbocycles. The Balaban J connectivity index is 0. The van der Waals surface area contributed by atoms with Crippen molar-refractivity contribution in [1.82, 2.24) is 0 Å². The Morgan fingerprint density at radius 2 is 0.0183 bits per heavy atom. The van der Waals surface area contributed by atoms with Gasteiger partial charge in [0.05, 0.1) is 0 Å². The van der Waals surface area contributed by atoms with Crippen LogP contribution in [0.3, 0.4) is 0 Å². The molecule has 0 aromatic rings. The van der Waals surface area contributed by atoms with Crippen LogP contribution < -0.4 is 2340 Å². The average molecular weight is 2910 g/mol. The maximum Gasteiger partial charge on any atom is 1.00 e. The van der Waals surface area contributed by atoms with Gasteiger partial charge in [-0.2, -0.15) is 0 Å². The fraction of sp³-hybridized carbons (Fsp3) is 0. The summed E-state index contributed by atoms with van der Waals surface area (Å²) >= 11 is 0. The van der Waals surface area contributed by atoms with E-state index in [9.17, 15) is 0 Å². The van der Waals surface area contributed by atoms with Crippen molar-refractivity contribution < 1.29 is 2340 Å². The minimum atomic E-state index is 0. The monoisotopic (exact) mass is 2900 g/mol. The molecule has 0 rings (SSSR count). The number of hydrogen-bond acceptors (Lipinski definition) is 0. The van der Waals surface area contributed by atoms with Crippen molar-refractivity contribution in [2.45, 2.75) is 0 Å². The van der Waals surface area contributed by atoms with Crippen LogP contribution in [0.15, 0.2) is 0 Å². The van der Waals surface area contributed by atoms with E-state index < -0.39 is 0 Å². The van der Waals surface area contributed by atoms with Crippen molar-refractivity contribution in [3.8, 4) is 0 Å². The molecule has 0 radical (unpaired) electrons. The summed E-state index contributed by atoms with van der Waals surface area (Å²) < 4.78 is 0. The second-order valence-corrected chi connectivity index (χ2v) is 0. The Bertz CT molecular complexity index is 92.5. The van der Waals surface area contributed by atoms with Gasteiger partial charge in [-0.1, -0.05) is 0 Å². The molecule has 0 unspecified atom stereocenters. The second-order valence-electron chi connectivity index (χ2n) is 0. The van der Waals surface area contributed by atoms with Gasteiger partial charge < -0.3 is 0 Å². The van der Waals surface area contributed by atoms with E-state index >= 15 is 0 Å². The van der Waals surface area contributed by atoms with Crippen molar-refractivity contribution in [1.29, 1.82) is 0 Å². The third kappa shape index (κ3) is 955. The topological polar surface area (TPSA) is 0 Å². The minimum Gasteiger partial charge on any atom is -0.147 e. The van der Waals surface area contributed by atoms with E-state index in [2.05, 4.69) is 0 Å². The predicted octanol–water partition coefficient (Wildman–Crippen LogP) is -224. The standard InChI is InChI=1S/30ClH.79Na/h30*1H;;;;;;;;;;;;;;;;;;;;;;;;;;;;;;;;;;;;;;;;;;;;;;;;;;;;;;;;;;;;;;;;;;;;;;;;;;;;;;;/q;;;;;;;;;;;;;;;;;;;;;;;;;;;;;;79*+1. The molecular weight excluding hydrogens is 2880 g/mol. The largest absolute Gasteiger partial charge is 1.00 e. The summed E-state index contributed by atoms with van der Waals surface area (Å²) in [7, 11) is 0. The van der Waals surface area contributed by atoms with Crippen LogP contribution in [0, 0.1) is 0 Å². The van der Waals surface area contributed by atoms with E-state index in [1.807, 2.05) is 0 Å². The molecule has 0 aromatic carbocycles. The Kier molecular flexibility index (Phi) is 8670. The van der Waals surface area contributed by atoms with E-state index in [0.717, 1.165) is 0 Å². The Labute approximate surface area is 2610 Å². The first-order valence-corrected chi connectivity index (χ1v) is 0. The fourth-order valence-corrected chi connectivity index (χ4v) is 0. The van der Waals surface area contributed by atoms with E-state index in [1.165, 1.54) is 0 Å². The zero-order chi connectivity index (χ0) is 0. The van der Waals surface area contributed by atoms with Crippen molar-refractivity contribution in [3.63, 3.8) is 0 Å². The quantitative estimate of drug-likeness (QED) is 0.212. The van der Waals surface area contributed by atoms with Crippen LogP contribution in [0.1, 0.15) is 0 Å². The number of hydrogen-bond donors (Lipinski definition) is 0. The van der Waals surface area contributed by atoms with Gasteiger partial charge in [-0.05, 0) is 0 Å². The minimum absolute atomic E-state index is 0. The summed E-state index contributed by atoms with van der Waals surface area (Å²) in [6.07, 6.45) is 0. The van der Waals surface area contributed by atoms with Crippen molar-refractivity contribution in [2.24, 2.45) is 0 Å².